The molecule has 1 atom stereocenters. The maximum atomic E-state index is 12.1. The molecule has 2 nitrogen and oxygen atoms in total. The van der Waals surface area contributed by atoms with Crippen LogP contribution in [-0.2, 0) is 17.6 Å². The molecule has 1 heterocycles. The zero-order chi connectivity index (χ0) is 11.0. The molecule has 84 valence electrons. The number of fused-ring (bicyclic) bond motifs is 1. The molecule has 0 radical (unpaired) electrons. The zero-order valence-corrected chi connectivity index (χ0v) is 9.37. The molecule has 0 spiro atoms. The van der Waals surface area contributed by atoms with Crippen molar-refractivity contribution in [3.63, 3.8) is 0 Å². The van der Waals surface area contributed by atoms with Gasteiger partial charge in [-0.2, -0.15) is 0 Å². The fraction of sp³-hybridized carbons (Fsp3) is 0.500. The summed E-state index contributed by atoms with van der Waals surface area (Å²) in [6, 6.07) is 6.16. The lowest BCUT2D eigenvalue weighted by Crippen LogP contribution is -2.19. The van der Waals surface area contributed by atoms with Crippen molar-refractivity contribution >= 4 is 5.78 Å². The topological polar surface area (TPSA) is 26.3 Å². The van der Waals surface area contributed by atoms with E-state index in [0.717, 1.165) is 31.4 Å². The summed E-state index contributed by atoms with van der Waals surface area (Å²) in [6.45, 7) is 0.737. The lowest BCUT2D eigenvalue weighted by molar-refractivity contribution is 0.0643. The third-order valence-corrected chi connectivity index (χ3v) is 3.61. The van der Waals surface area contributed by atoms with E-state index in [2.05, 4.69) is 12.1 Å². The highest BCUT2D eigenvalue weighted by Gasteiger charge is 2.25. The van der Waals surface area contributed by atoms with Crippen LogP contribution in [0.5, 0.6) is 0 Å². The van der Waals surface area contributed by atoms with Gasteiger partial charge >= 0.3 is 0 Å². The number of rotatable bonds is 2. The van der Waals surface area contributed by atoms with Gasteiger partial charge in [-0.15, -0.1) is 0 Å². The van der Waals surface area contributed by atoms with Crippen LogP contribution in [0.1, 0.15) is 40.7 Å². The van der Waals surface area contributed by atoms with Crippen molar-refractivity contribution in [3.05, 3.63) is 34.9 Å². The Labute approximate surface area is 95.6 Å². The van der Waals surface area contributed by atoms with Gasteiger partial charge in [0.1, 0.15) is 6.10 Å². The van der Waals surface area contributed by atoms with Crippen molar-refractivity contribution in [1.29, 1.82) is 0 Å². The summed E-state index contributed by atoms with van der Waals surface area (Å²) in [5, 5.41) is 0. The molecular formula is C14H16O2. The first-order valence-electron chi connectivity index (χ1n) is 6.12. The fourth-order valence-corrected chi connectivity index (χ4v) is 2.70. The summed E-state index contributed by atoms with van der Waals surface area (Å²) in [5.41, 5.74) is 3.63. The SMILES string of the molecule is O=C(c1ccc2c(c1)CCC2)C1CCCO1. The van der Waals surface area contributed by atoms with Gasteiger partial charge in [-0.3, -0.25) is 4.79 Å². The smallest absolute Gasteiger partial charge is 0.191 e. The summed E-state index contributed by atoms with van der Waals surface area (Å²) in [5.74, 6) is 0.173. The lowest BCUT2D eigenvalue weighted by Gasteiger charge is -2.09. The molecule has 1 aliphatic carbocycles. The maximum Gasteiger partial charge on any atom is 0.191 e. The first kappa shape index (κ1) is 10.0. The Morgan fingerprint density at radius 3 is 2.88 bits per heavy atom. The molecule has 0 N–H and O–H groups in total. The Balaban J connectivity index is 1.86. The minimum Gasteiger partial charge on any atom is -0.370 e. The molecule has 0 bridgehead atoms. The molecule has 2 heteroatoms. The van der Waals surface area contributed by atoms with Crippen molar-refractivity contribution in [3.8, 4) is 0 Å². The van der Waals surface area contributed by atoms with E-state index in [1.54, 1.807) is 0 Å². The molecular weight excluding hydrogens is 200 g/mol. The van der Waals surface area contributed by atoms with Crippen LogP contribution in [0.3, 0.4) is 0 Å². The van der Waals surface area contributed by atoms with E-state index in [9.17, 15) is 4.79 Å². The molecule has 2 aliphatic rings. The lowest BCUT2D eigenvalue weighted by atomic mass is 10.00. The second kappa shape index (κ2) is 4.02. The molecule has 1 aromatic carbocycles. The van der Waals surface area contributed by atoms with Gasteiger partial charge in [0, 0.05) is 12.2 Å². The molecule has 1 fully saturated rings. The van der Waals surface area contributed by atoms with Gasteiger partial charge in [0.2, 0.25) is 0 Å². The highest BCUT2D eigenvalue weighted by atomic mass is 16.5. The van der Waals surface area contributed by atoms with Crippen molar-refractivity contribution < 1.29 is 9.53 Å². The van der Waals surface area contributed by atoms with Gasteiger partial charge in [-0.05, 0) is 49.3 Å². The Kier molecular flexibility index (Phi) is 2.52. The largest absolute Gasteiger partial charge is 0.370 e. The minimum absolute atomic E-state index is 0.173. The molecule has 16 heavy (non-hydrogen) atoms. The number of Topliss-reactive ketones (excluding diaryl/α,β-unsaturated/α-hetero) is 1. The number of ketones is 1. The van der Waals surface area contributed by atoms with Gasteiger partial charge in [-0.1, -0.05) is 12.1 Å². The Hall–Kier alpha value is -1.15. The summed E-state index contributed by atoms with van der Waals surface area (Å²) < 4.78 is 5.44. The van der Waals surface area contributed by atoms with Gasteiger partial charge in [-0.25, -0.2) is 0 Å². The molecule has 1 aromatic rings. The van der Waals surface area contributed by atoms with E-state index in [0.29, 0.717) is 0 Å². The monoisotopic (exact) mass is 216 g/mol. The number of hydrogen-bond acceptors (Lipinski definition) is 2. The summed E-state index contributed by atoms with van der Waals surface area (Å²) in [7, 11) is 0. The molecule has 0 amide bonds. The highest BCUT2D eigenvalue weighted by Crippen LogP contribution is 2.25. The first-order valence-corrected chi connectivity index (χ1v) is 6.12. The summed E-state index contributed by atoms with van der Waals surface area (Å²) in [6.07, 6.45) is 5.25. The third-order valence-electron chi connectivity index (χ3n) is 3.61. The number of hydrogen-bond donors (Lipinski definition) is 0. The molecule has 1 aliphatic heterocycles. The predicted molar refractivity (Wildman–Crippen MR) is 61.8 cm³/mol. The molecule has 1 saturated heterocycles. The standard InChI is InChI=1S/C14H16O2/c15-14(13-5-2-8-16-13)12-7-6-10-3-1-4-11(10)9-12/h6-7,9,13H,1-5,8H2. The second-order valence-electron chi connectivity index (χ2n) is 4.70. The van der Waals surface area contributed by atoms with E-state index in [1.165, 1.54) is 24.0 Å². The second-order valence-corrected chi connectivity index (χ2v) is 4.70. The average Bonchev–Trinajstić information content (AvgIpc) is 2.98. The van der Waals surface area contributed by atoms with Crippen molar-refractivity contribution in [2.24, 2.45) is 0 Å². The van der Waals surface area contributed by atoms with E-state index in [-0.39, 0.29) is 11.9 Å². The maximum absolute atomic E-state index is 12.1. The quantitative estimate of drug-likeness (QED) is 0.710. The van der Waals surface area contributed by atoms with Crippen LogP contribution in [0.2, 0.25) is 0 Å². The number of aryl methyl sites for hydroxylation is 2. The van der Waals surface area contributed by atoms with Crippen LogP contribution in [-0.4, -0.2) is 18.5 Å². The van der Waals surface area contributed by atoms with E-state index in [4.69, 9.17) is 4.74 Å². The predicted octanol–water partition coefficient (Wildman–Crippen LogP) is 2.54. The zero-order valence-electron chi connectivity index (χ0n) is 9.37. The van der Waals surface area contributed by atoms with Gasteiger partial charge in [0.05, 0.1) is 0 Å². The van der Waals surface area contributed by atoms with Gasteiger partial charge < -0.3 is 4.74 Å². The van der Waals surface area contributed by atoms with E-state index < -0.39 is 0 Å². The van der Waals surface area contributed by atoms with Gasteiger partial charge in [0.25, 0.3) is 0 Å². The first-order chi connectivity index (χ1) is 7.84. The van der Waals surface area contributed by atoms with E-state index in [1.807, 2.05) is 6.07 Å². The van der Waals surface area contributed by atoms with Crippen LogP contribution in [0.25, 0.3) is 0 Å². The van der Waals surface area contributed by atoms with Crippen molar-refractivity contribution in [1.82, 2.24) is 0 Å². The van der Waals surface area contributed by atoms with E-state index >= 15 is 0 Å². The van der Waals surface area contributed by atoms with Gasteiger partial charge in [0.15, 0.2) is 5.78 Å². The number of benzene rings is 1. The van der Waals surface area contributed by atoms with Crippen LogP contribution in [0.15, 0.2) is 18.2 Å². The van der Waals surface area contributed by atoms with Crippen LogP contribution < -0.4 is 0 Å². The molecule has 3 rings (SSSR count). The van der Waals surface area contributed by atoms with Crippen molar-refractivity contribution in [2.45, 2.75) is 38.2 Å². The van der Waals surface area contributed by atoms with Crippen LogP contribution >= 0.6 is 0 Å². The highest BCUT2D eigenvalue weighted by molar-refractivity contribution is 5.99. The Morgan fingerprint density at radius 1 is 1.19 bits per heavy atom. The Morgan fingerprint density at radius 2 is 2.06 bits per heavy atom. The molecule has 0 aromatic heterocycles. The third kappa shape index (κ3) is 1.67. The summed E-state index contributed by atoms with van der Waals surface area (Å²) in [4.78, 5) is 12.1. The molecule has 1 unspecified atom stereocenters. The Bertz CT molecular complexity index is 417. The number of carbonyl (C=O) groups excluding carboxylic acids is 1. The average molecular weight is 216 g/mol. The minimum atomic E-state index is -0.181. The van der Waals surface area contributed by atoms with Crippen molar-refractivity contribution in [2.75, 3.05) is 6.61 Å². The fourth-order valence-electron chi connectivity index (χ4n) is 2.70. The van der Waals surface area contributed by atoms with Crippen LogP contribution in [0.4, 0.5) is 0 Å². The number of carbonyl (C=O) groups is 1. The molecule has 0 saturated carbocycles. The van der Waals surface area contributed by atoms with Crippen LogP contribution in [0, 0.1) is 0 Å². The summed E-state index contributed by atoms with van der Waals surface area (Å²) >= 11 is 0. The number of ether oxygens (including phenoxy) is 1. The normalized spacial score (nSPS) is 23.4.